The van der Waals surface area contributed by atoms with E-state index in [0.29, 0.717) is 23.4 Å². The Bertz CT molecular complexity index is 488. The fourth-order valence-electron chi connectivity index (χ4n) is 3.84. The molecule has 2 saturated carbocycles. The van der Waals surface area contributed by atoms with Crippen LogP contribution in [0.15, 0.2) is 24.3 Å². The lowest BCUT2D eigenvalue weighted by Gasteiger charge is -2.24. The third-order valence-electron chi connectivity index (χ3n) is 4.88. The van der Waals surface area contributed by atoms with Gasteiger partial charge in [0, 0.05) is 12.5 Å². The van der Waals surface area contributed by atoms with E-state index in [2.05, 4.69) is 6.92 Å². The van der Waals surface area contributed by atoms with Crippen LogP contribution in [-0.4, -0.2) is 12.5 Å². The molecule has 3 rings (SSSR count). The summed E-state index contributed by atoms with van der Waals surface area (Å²) in [6.07, 6.45) is 6.04. The first-order chi connectivity index (χ1) is 9.74. The SMILES string of the molecule is CCCN(C(=O)C1C2CCCCC21)c1ccccc1N. The van der Waals surface area contributed by atoms with Crippen molar-refractivity contribution in [2.45, 2.75) is 39.0 Å². The van der Waals surface area contributed by atoms with Gasteiger partial charge in [0.15, 0.2) is 0 Å². The second-order valence-corrected chi connectivity index (χ2v) is 6.19. The molecule has 108 valence electrons. The van der Waals surface area contributed by atoms with E-state index >= 15 is 0 Å². The largest absolute Gasteiger partial charge is 0.397 e. The number of rotatable bonds is 4. The summed E-state index contributed by atoms with van der Waals surface area (Å²) in [5.74, 6) is 1.88. The molecule has 1 aromatic rings. The topological polar surface area (TPSA) is 46.3 Å². The van der Waals surface area contributed by atoms with Crippen LogP contribution in [0.2, 0.25) is 0 Å². The summed E-state index contributed by atoms with van der Waals surface area (Å²) in [4.78, 5) is 14.8. The van der Waals surface area contributed by atoms with Crippen LogP contribution >= 0.6 is 0 Å². The van der Waals surface area contributed by atoms with Crippen LogP contribution in [0, 0.1) is 17.8 Å². The molecule has 0 radical (unpaired) electrons. The van der Waals surface area contributed by atoms with Crippen LogP contribution in [0.5, 0.6) is 0 Å². The molecule has 0 spiro atoms. The smallest absolute Gasteiger partial charge is 0.230 e. The van der Waals surface area contributed by atoms with Gasteiger partial charge in [-0.15, -0.1) is 0 Å². The Morgan fingerprint density at radius 1 is 1.25 bits per heavy atom. The number of hydrogen-bond donors (Lipinski definition) is 1. The zero-order valence-electron chi connectivity index (χ0n) is 12.2. The van der Waals surface area contributed by atoms with Crippen molar-refractivity contribution >= 4 is 17.3 Å². The van der Waals surface area contributed by atoms with Gasteiger partial charge in [-0.1, -0.05) is 31.9 Å². The predicted octanol–water partition coefficient (Wildman–Crippen LogP) is 3.45. The molecule has 20 heavy (non-hydrogen) atoms. The van der Waals surface area contributed by atoms with Crippen LogP contribution in [-0.2, 0) is 4.79 Å². The molecular weight excluding hydrogens is 248 g/mol. The Morgan fingerprint density at radius 2 is 1.90 bits per heavy atom. The number of amides is 1. The lowest BCUT2D eigenvalue weighted by Crippen LogP contribution is -2.34. The minimum atomic E-state index is 0.267. The third kappa shape index (κ3) is 2.30. The standard InChI is InChI=1S/C17H24N2O/c1-2-11-19(15-10-6-5-9-14(15)18)17(20)16-12-7-3-4-8-13(12)16/h5-6,9-10,12-13,16H,2-4,7-8,11,18H2,1H3. The summed E-state index contributed by atoms with van der Waals surface area (Å²) in [6, 6.07) is 7.73. The quantitative estimate of drug-likeness (QED) is 0.853. The van der Waals surface area contributed by atoms with Gasteiger partial charge in [-0.05, 0) is 43.2 Å². The summed E-state index contributed by atoms with van der Waals surface area (Å²) in [7, 11) is 0. The van der Waals surface area contributed by atoms with Crippen molar-refractivity contribution in [3.8, 4) is 0 Å². The maximum Gasteiger partial charge on any atom is 0.230 e. The van der Waals surface area contributed by atoms with Crippen molar-refractivity contribution in [1.29, 1.82) is 0 Å². The summed E-state index contributed by atoms with van der Waals surface area (Å²) in [5, 5.41) is 0. The molecule has 3 heteroatoms. The monoisotopic (exact) mass is 272 g/mol. The Balaban J connectivity index is 1.81. The Hall–Kier alpha value is -1.51. The van der Waals surface area contributed by atoms with Crippen molar-refractivity contribution < 1.29 is 4.79 Å². The van der Waals surface area contributed by atoms with Crippen LogP contribution in [0.4, 0.5) is 11.4 Å². The van der Waals surface area contributed by atoms with E-state index in [1.165, 1.54) is 25.7 Å². The molecule has 3 nitrogen and oxygen atoms in total. The maximum absolute atomic E-state index is 12.9. The Kier molecular flexibility index (Phi) is 3.68. The second-order valence-electron chi connectivity index (χ2n) is 6.19. The van der Waals surface area contributed by atoms with Crippen LogP contribution < -0.4 is 10.6 Å². The fourth-order valence-corrected chi connectivity index (χ4v) is 3.84. The van der Waals surface area contributed by atoms with Crippen molar-refractivity contribution in [3.63, 3.8) is 0 Å². The van der Waals surface area contributed by atoms with E-state index in [0.717, 1.165) is 18.7 Å². The number of para-hydroxylation sites is 2. The number of nitrogen functional groups attached to an aromatic ring is 1. The second kappa shape index (κ2) is 5.47. The molecule has 1 amide bonds. The molecule has 0 heterocycles. The highest BCUT2D eigenvalue weighted by Crippen LogP contribution is 2.56. The van der Waals surface area contributed by atoms with Crippen molar-refractivity contribution in [1.82, 2.24) is 0 Å². The molecule has 0 bridgehead atoms. The molecule has 0 aromatic heterocycles. The van der Waals surface area contributed by atoms with E-state index < -0.39 is 0 Å². The number of carbonyl (C=O) groups excluding carboxylic acids is 1. The average Bonchev–Trinajstić information content (AvgIpc) is 3.19. The van der Waals surface area contributed by atoms with Gasteiger partial charge >= 0.3 is 0 Å². The molecule has 2 N–H and O–H groups in total. The van der Waals surface area contributed by atoms with Crippen LogP contribution in [0.3, 0.4) is 0 Å². The zero-order chi connectivity index (χ0) is 14.1. The Morgan fingerprint density at radius 3 is 2.50 bits per heavy atom. The van der Waals surface area contributed by atoms with Gasteiger partial charge < -0.3 is 10.6 Å². The van der Waals surface area contributed by atoms with Crippen LogP contribution in [0.25, 0.3) is 0 Å². The van der Waals surface area contributed by atoms with Gasteiger partial charge in [-0.25, -0.2) is 0 Å². The lowest BCUT2D eigenvalue weighted by atomic mass is 10.0. The van der Waals surface area contributed by atoms with E-state index in [1.807, 2.05) is 29.2 Å². The van der Waals surface area contributed by atoms with E-state index in [-0.39, 0.29) is 5.92 Å². The average molecular weight is 272 g/mol. The first-order valence-electron chi connectivity index (χ1n) is 7.90. The summed E-state index contributed by atoms with van der Waals surface area (Å²) in [5.41, 5.74) is 7.66. The molecular formula is C17H24N2O. The molecule has 2 aliphatic carbocycles. The summed E-state index contributed by atoms with van der Waals surface area (Å²) in [6.45, 7) is 2.88. The van der Waals surface area contributed by atoms with Gasteiger partial charge in [-0.3, -0.25) is 4.79 Å². The summed E-state index contributed by atoms with van der Waals surface area (Å²) < 4.78 is 0. The maximum atomic E-state index is 12.9. The van der Waals surface area contributed by atoms with Crippen LogP contribution in [0.1, 0.15) is 39.0 Å². The summed E-state index contributed by atoms with van der Waals surface area (Å²) >= 11 is 0. The predicted molar refractivity (Wildman–Crippen MR) is 82.4 cm³/mol. The molecule has 1 aromatic carbocycles. The Labute approximate surface area is 121 Å². The minimum Gasteiger partial charge on any atom is -0.397 e. The zero-order valence-corrected chi connectivity index (χ0v) is 12.2. The normalized spacial score (nSPS) is 27.8. The highest BCUT2D eigenvalue weighted by molar-refractivity contribution is 5.99. The van der Waals surface area contributed by atoms with Gasteiger partial charge in [0.1, 0.15) is 0 Å². The van der Waals surface area contributed by atoms with Gasteiger partial charge in [-0.2, -0.15) is 0 Å². The number of fused-ring (bicyclic) bond motifs is 1. The molecule has 2 unspecified atom stereocenters. The number of carbonyl (C=O) groups is 1. The first-order valence-corrected chi connectivity index (χ1v) is 7.90. The van der Waals surface area contributed by atoms with Crippen molar-refractivity contribution in [2.24, 2.45) is 17.8 Å². The minimum absolute atomic E-state index is 0.267. The molecule has 0 aliphatic heterocycles. The van der Waals surface area contributed by atoms with E-state index in [1.54, 1.807) is 0 Å². The highest BCUT2D eigenvalue weighted by Gasteiger charge is 2.55. The molecule has 2 atom stereocenters. The molecule has 2 aliphatic rings. The van der Waals surface area contributed by atoms with Gasteiger partial charge in [0.25, 0.3) is 0 Å². The number of benzene rings is 1. The lowest BCUT2D eigenvalue weighted by molar-refractivity contribution is -0.120. The third-order valence-corrected chi connectivity index (χ3v) is 4.88. The van der Waals surface area contributed by atoms with Gasteiger partial charge in [0.2, 0.25) is 5.91 Å². The van der Waals surface area contributed by atoms with E-state index in [4.69, 9.17) is 5.73 Å². The van der Waals surface area contributed by atoms with Crippen molar-refractivity contribution in [2.75, 3.05) is 17.2 Å². The fraction of sp³-hybridized carbons (Fsp3) is 0.588. The first kappa shape index (κ1) is 13.5. The number of anilines is 2. The molecule has 0 saturated heterocycles. The number of nitrogens with two attached hydrogens (primary N) is 1. The van der Waals surface area contributed by atoms with Crippen molar-refractivity contribution in [3.05, 3.63) is 24.3 Å². The highest BCUT2D eigenvalue weighted by atomic mass is 16.2. The number of nitrogens with zero attached hydrogens (tertiary/aromatic N) is 1. The van der Waals surface area contributed by atoms with E-state index in [9.17, 15) is 4.79 Å². The molecule has 2 fully saturated rings. The number of hydrogen-bond acceptors (Lipinski definition) is 2. The van der Waals surface area contributed by atoms with Gasteiger partial charge in [0.05, 0.1) is 11.4 Å².